The molecular weight excluding hydrogens is 246 g/mol. The van der Waals surface area contributed by atoms with Crippen LogP contribution in [0.1, 0.15) is 39.7 Å². The first-order chi connectivity index (χ1) is 9.36. The maximum Gasteiger partial charge on any atom is 0.0684 e. The van der Waals surface area contributed by atoms with Gasteiger partial charge in [-0.05, 0) is 34.1 Å². The van der Waals surface area contributed by atoms with E-state index in [1.165, 1.54) is 11.1 Å². The second-order valence-corrected chi connectivity index (χ2v) is 6.51. The lowest BCUT2D eigenvalue weighted by molar-refractivity contribution is 0.482. The molecule has 0 bridgehead atoms. The molecule has 1 aliphatic rings. The molecule has 104 valence electrons. The monoisotopic (exact) mass is 267 g/mol. The highest BCUT2D eigenvalue weighted by Gasteiger charge is 2.30. The summed E-state index contributed by atoms with van der Waals surface area (Å²) in [5.41, 5.74) is 12.0. The highest BCUT2D eigenvalue weighted by atomic mass is 15.2. The lowest BCUT2D eigenvalue weighted by atomic mass is 9.73. The Morgan fingerprint density at radius 2 is 1.85 bits per heavy atom. The lowest BCUT2D eigenvalue weighted by Crippen LogP contribution is -2.24. The summed E-state index contributed by atoms with van der Waals surface area (Å²) in [4.78, 5) is 3.00. The molecule has 0 N–H and O–H groups in total. The Kier molecular flexibility index (Phi) is 3.74. The van der Waals surface area contributed by atoms with Gasteiger partial charge in [0.25, 0.3) is 0 Å². The summed E-state index contributed by atoms with van der Waals surface area (Å²) >= 11 is 0. The zero-order valence-electron chi connectivity index (χ0n) is 12.6. The minimum absolute atomic E-state index is 0.126. The zero-order chi connectivity index (χ0) is 14.8. The molecule has 0 atom stereocenters. The predicted molar refractivity (Wildman–Crippen MR) is 84.1 cm³/mol. The van der Waals surface area contributed by atoms with Gasteiger partial charge in [0, 0.05) is 4.91 Å². The molecule has 0 amide bonds. The van der Waals surface area contributed by atoms with Gasteiger partial charge in [-0.1, -0.05) is 75.3 Å². The van der Waals surface area contributed by atoms with Crippen LogP contribution in [0.5, 0.6) is 0 Å². The highest BCUT2D eigenvalue weighted by molar-refractivity contribution is 5.75. The van der Waals surface area contributed by atoms with Crippen LogP contribution in [0, 0.1) is 5.41 Å². The van der Waals surface area contributed by atoms with Crippen LogP contribution >= 0.6 is 0 Å². The van der Waals surface area contributed by atoms with Crippen molar-refractivity contribution in [3.63, 3.8) is 0 Å². The summed E-state index contributed by atoms with van der Waals surface area (Å²) in [6.07, 6.45) is 5.29. The van der Waals surface area contributed by atoms with E-state index in [1.807, 2.05) is 32.0 Å². The molecule has 1 aliphatic carbocycles. The van der Waals surface area contributed by atoms with Gasteiger partial charge >= 0.3 is 0 Å². The summed E-state index contributed by atoms with van der Waals surface area (Å²) in [7, 11) is 0. The smallest absolute Gasteiger partial charge is 0.0684 e. The summed E-state index contributed by atoms with van der Waals surface area (Å²) in [5, 5.41) is 3.98. The molecule has 0 fully saturated rings. The fourth-order valence-electron chi connectivity index (χ4n) is 2.66. The number of allylic oxidation sites excluding steroid dienone is 2. The maximum atomic E-state index is 8.80. The van der Waals surface area contributed by atoms with Gasteiger partial charge < -0.3 is 0 Å². The van der Waals surface area contributed by atoms with Crippen molar-refractivity contribution < 1.29 is 0 Å². The molecule has 1 aromatic rings. The van der Waals surface area contributed by atoms with Crippen LogP contribution in [0.25, 0.3) is 16.0 Å². The van der Waals surface area contributed by atoms with Gasteiger partial charge in [0.2, 0.25) is 0 Å². The lowest BCUT2D eigenvalue weighted by Gasteiger charge is -2.33. The molecule has 0 saturated carbocycles. The Bertz CT molecular complexity index is 600. The van der Waals surface area contributed by atoms with E-state index in [-0.39, 0.29) is 5.41 Å². The summed E-state index contributed by atoms with van der Waals surface area (Å²) in [6.45, 7) is 8.38. The highest BCUT2D eigenvalue weighted by Crippen LogP contribution is 2.42. The first-order valence-corrected chi connectivity index (χ1v) is 6.90. The van der Waals surface area contributed by atoms with Crippen molar-refractivity contribution in [3.05, 3.63) is 64.1 Å². The normalized spacial score (nSPS) is 17.8. The average Bonchev–Trinajstić information content (AvgIpc) is 2.38. The van der Waals surface area contributed by atoms with Gasteiger partial charge in [-0.3, -0.25) is 0 Å². The molecule has 0 aliphatic heterocycles. The Balaban J connectivity index is 2.61. The van der Waals surface area contributed by atoms with E-state index >= 15 is 0 Å². The quantitative estimate of drug-likeness (QED) is 0.393. The average molecular weight is 267 g/mol. The van der Waals surface area contributed by atoms with E-state index in [2.05, 4.69) is 48.2 Å². The van der Waals surface area contributed by atoms with Crippen molar-refractivity contribution in [1.29, 1.82) is 0 Å². The Morgan fingerprint density at radius 3 is 2.45 bits per heavy atom. The molecule has 0 radical (unpaired) electrons. The molecule has 3 nitrogen and oxygen atoms in total. The van der Waals surface area contributed by atoms with E-state index < -0.39 is 5.54 Å². The van der Waals surface area contributed by atoms with E-state index in [4.69, 9.17) is 5.53 Å². The first-order valence-electron chi connectivity index (χ1n) is 6.90. The number of hydrogen-bond donors (Lipinski definition) is 0. The maximum absolute atomic E-state index is 8.80. The first kappa shape index (κ1) is 14.4. The molecule has 0 unspecified atom stereocenters. The van der Waals surface area contributed by atoms with Crippen LogP contribution in [0.3, 0.4) is 0 Å². The third-order valence-electron chi connectivity index (χ3n) is 3.73. The molecule has 1 aromatic carbocycles. The van der Waals surface area contributed by atoms with Gasteiger partial charge in [0.05, 0.1) is 5.54 Å². The number of hydrogen-bond acceptors (Lipinski definition) is 1. The van der Waals surface area contributed by atoms with Crippen molar-refractivity contribution >= 4 is 5.57 Å². The third kappa shape index (κ3) is 2.94. The topological polar surface area (TPSA) is 48.8 Å². The third-order valence-corrected chi connectivity index (χ3v) is 3.73. The van der Waals surface area contributed by atoms with Gasteiger partial charge in [0.1, 0.15) is 0 Å². The summed E-state index contributed by atoms with van der Waals surface area (Å²) < 4.78 is 0. The van der Waals surface area contributed by atoms with Crippen LogP contribution in [0.2, 0.25) is 0 Å². The van der Waals surface area contributed by atoms with Crippen molar-refractivity contribution in [1.82, 2.24) is 0 Å². The van der Waals surface area contributed by atoms with Gasteiger partial charge in [-0.15, -0.1) is 0 Å². The Hall–Kier alpha value is -1.99. The standard InChI is InChI=1S/C17H21N3/c1-16(2)11-10-15(17(3,4)19-20-18)14(12-16)13-8-6-5-7-9-13/h5-11H,12H2,1-4H3. The molecule has 3 heteroatoms. The van der Waals surface area contributed by atoms with Gasteiger partial charge in [0.15, 0.2) is 0 Å². The SMILES string of the molecule is CC1(C)C=CC(C(C)(C)N=[N+]=[N-])=C(c2ccccc2)C1. The predicted octanol–water partition coefficient (Wildman–Crippen LogP) is 5.52. The summed E-state index contributed by atoms with van der Waals surface area (Å²) in [5.74, 6) is 0. The van der Waals surface area contributed by atoms with Gasteiger partial charge in [-0.2, -0.15) is 0 Å². The number of benzene rings is 1. The zero-order valence-corrected chi connectivity index (χ0v) is 12.6. The van der Waals surface area contributed by atoms with E-state index in [1.54, 1.807) is 0 Å². The second-order valence-electron chi connectivity index (χ2n) is 6.51. The van der Waals surface area contributed by atoms with Crippen molar-refractivity contribution in [2.45, 2.75) is 39.7 Å². The number of nitrogens with zero attached hydrogens (tertiary/aromatic N) is 3. The second kappa shape index (κ2) is 5.18. The molecule has 0 heterocycles. The summed E-state index contributed by atoms with van der Waals surface area (Å²) in [6, 6.07) is 10.4. The van der Waals surface area contributed by atoms with Crippen LogP contribution in [0.15, 0.2) is 53.2 Å². The fraction of sp³-hybridized carbons (Fsp3) is 0.412. The Labute approximate surface area is 120 Å². The molecule has 2 rings (SSSR count). The van der Waals surface area contributed by atoms with E-state index in [0.29, 0.717) is 0 Å². The van der Waals surface area contributed by atoms with Crippen LogP contribution < -0.4 is 0 Å². The minimum atomic E-state index is -0.535. The molecule has 0 saturated heterocycles. The van der Waals surface area contributed by atoms with Crippen molar-refractivity contribution in [2.24, 2.45) is 10.5 Å². The van der Waals surface area contributed by atoms with Crippen LogP contribution in [-0.4, -0.2) is 5.54 Å². The molecule has 20 heavy (non-hydrogen) atoms. The minimum Gasteiger partial charge on any atom is -0.0831 e. The van der Waals surface area contributed by atoms with Gasteiger partial charge in [-0.25, -0.2) is 0 Å². The molecule has 0 spiro atoms. The van der Waals surface area contributed by atoms with E-state index in [9.17, 15) is 0 Å². The van der Waals surface area contributed by atoms with Crippen molar-refractivity contribution in [2.75, 3.05) is 0 Å². The fourth-order valence-corrected chi connectivity index (χ4v) is 2.66. The largest absolute Gasteiger partial charge is 0.0831 e. The number of rotatable bonds is 3. The number of azide groups is 1. The van der Waals surface area contributed by atoms with Crippen LogP contribution in [-0.2, 0) is 0 Å². The molecular formula is C17H21N3. The van der Waals surface area contributed by atoms with E-state index in [0.717, 1.165) is 12.0 Å². The van der Waals surface area contributed by atoms with Crippen LogP contribution in [0.4, 0.5) is 0 Å². The molecule has 0 aromatic heterocycles. The van der Waals surface area contributed by atoms with Crippen molar-refractivity contribution in [3.8, 4) is 0 Å². The Morgan fingerprint density at radius 1 is 1.20 bits per heavy atom.